The highest BCUT2D eigenvalue weighted by atomic mass is 32.2. The summed E-state index contributed by atoms with van der Waals surface area (Å²) >= 11 is 0. The van der Waals surface area contributed by atoms with Crippen molar-refractivity contribution < 1.29 is 17.6 Å². The van der Waals surface area contributed by atoms with Gasteiger partial charge in [0.2, 0.25) is 11.8 Å². The quantitative estimate of drug-likeness (QED) is 0.622. The molecule has 0 radical (unpaired) electrons. The monoisotopic (exact) mass is 425 g/mol. The summed E-state index contributed by atoms with van der Waals surface area (Å²) in [5.74, 6) is 0.830. The molecule has 1 aliphatic rings. The molecule has 1 saturated heterocycles. The highest BCUT2D eigenvalue weighted by Gasteiger charge is 2.34. The van der Waals surface area contributed by atoms with Crippen LogP contribution in [0, 0.1) is 6.92 Å². The van der Waals surface area contributed by atoms with E-state index in [0.717, 1.165) is 11.1 Å². The number of nitrogens with zero attached hydrogens (tertiary/aromatic N) is 3. The number of benzene rings is 2. The Morgan fingerprint density at radius 3 is 2.43 bits per heavy atom. The number of carbonyl (C=O) groups is 1. The highest BCUT2D eigenvalue weighted by Crippen LogP contribution is 2.27. The number of hydrogen-bond donors (Lipinski definition) is 0. The minimum atomic E-state index is -3.05. The number of rotatable bonds is 5. The molecule has 30 heavy (non-hydrogen) atoms. The Balaban J connectivity index is 1.53. The van der Waals surface area contributed by atoms with Crippen LogP contribution in [0.4, 0.5) is 0 Å². The van der Waals surface area contributed by atoms with E-state index in [2.05, 4.69) is 10.2 Å². The van der Waals surface area contributed by atoms with Gasteiger partial charge in [-0.3, -0.25) is 4.79 Å². The molecular formula is C22H23N3O4S. The standard InChI is InChI=1S/C22H23N3O4S/c1-3-25(18-12-13-30(27,28)14-18)22(26)17-10-8-16(9-11-17)20-23-24-21(29-20)19-7-5-4-6-15(19)2/h4-11,18H,3,12-14H2,1-2H3/t18-/m1/s1. The van der Waals surface area contributed by atoms with E-state index in [1.165, 1.54) is 0 Å². The molecule has 0 unspecified atom stereocenters. The SMILES string of the molecule is CCN(C(=O)c1ccc(-c2nnc(-c3ccccc3C)o2)cc1)[C@@H]1CCS(=O)(=O)C1. The largest absolute Gasteiger partial charge is 0.416 e. The first-order chi connectivity index (χ1) is 14.4. The molecule has 0 aliphatic carbocycles. The minimum Gasteiger partial charge on any atom is -0.416 e. The first-order valence-corrected chi connectivity index (χ1v) is 11.7. The van der Waals surface area contributed by atoms with Crippen molar-refractivity contribution in [3.63, 3.8) is 0 Å². The van der Waals surface area contributed by atoms with Gasteiger partial charge in [0.15, 0.2) is 9.84 Å². The molecule has 2 aromatic carbocycles. The molecule has 0 N–H and O–H groups in total. The van der Waals surface area contributed by atoms with Crippen LogP contribution >= 0.6 is 0 Å². The van der Waals surface area contributed by atoms with Gasteiger partial charge in [0, 0.05) is 29.3 Å². The molecule has 8 heteroatoms. The summed E-state index contributed by atoms with van der Waals surface area (Å²) in [6.07, 6.45) is 0.490. The second kappa shape index (κ2) is 8.02. The molecule has 1 fully saturated rings. The normalized spacial score (nSPS) is 17.7. The maximum absolute atomic E-state index is 12.9. The van der Waals surface area contributed by atoms with Crippen LogP contribution in [-0.2, 0) is 9.84 Å². The maximum atomic E-state index is 12.9. The Labute approximate surface area is 175 Å². The van der Waals surface area contributed by atoms with Crippen LogP contribution in [0.25, 0.3) is 22.9 Å². The van der Waals surface area contributed by atoms with Gasteiger partial charge < -0.3 is 9.32 Å². The number of amides is 1. The number of aryl methyl sites for hydroxylation is 1. The van der Waals surface area contributed by atoms with Gasteiger partial charge in [-0.25, -0.2) is 8.42 Å². The molecule has 1 amide bonds. The molecule has 0 bridgehead atoms. The lowest BCUT2D eigenvalue weighted by Gasteiger charge is -2.27. The second-order valence-corrected chi connectivity index (χ2v) is 9.68. The Bertz CT molecular complexity index is 1170. The minimum absolute atomic E-state index is 0.0360. The molecule has 1 aliphatic heterocycles. The zero-order chi connectivity index (χ0) is 21.3. The molecule has 7 nitrogen and oxygen atoms in total. The Morgan fingerprint density at radius 2 is 1.80 bits per heavy atom. The summed E-state index contributed by atoms with van der Waals surface area (Å²) in [5.41, 5.74) is 3.14. The van der Waals surface area contributed by atoms with E-state index in [-0.39, 0.29) is 23.5 Å². The Kier molecular flexibility index (Phi) is 5.42. The third-order valence-corrected chi connectivity index (χ3v) is 7.18. The molecule has 156 valence electrons. The van der Waals surface area contributed by atoms with Crippen LogP contribution in [0.2, 0.25) is 0 Å². The van der Waals surface area contributed by atoms with Crippen LogP contribution in [-0.4, -0.2) is 53.5 Å². The predicted octanol–water partition coefficient (Wildman–Crippen LogP) is 3.36. The van der Waals surface area contributed by atoms with Gasteiger partial charge in [0.25, 0.3) is 5.91 Å². The van der Waals surface area contributed by atoms with Crippen molar-refractivity contribution in [1.82, 2.24) is 15.1 Å². The fourth-order valence-electron chi connectivity index (χ4n) is 3.77. The lowest BCUT2D eigenvalue weighted by Crippen LogP contribution is -2.40. The van der Waals surface area contributed by atoms with E-state index >= 15 is 0 Å². The maximum Gasteiger partial charge on any atom is 0.254 e. The van der Waals surface area contributed by atoms with Gasteiger partial charge in [-0.1, -0.05) is 18.2 Å². The summed E-state index contributed by atoms with van der Waals surface area (Å²) in [6, 6.07) is 14.5. The third kappa shape index (κ3) is 4.00. The van der Waals surface area contributed by atoms with Gasteiger partial charge in [-0.05, 0) is 56.2 Å². The lowest BCUT2D eigenvalue weighted by atomic mass is 10.1. The van der Waals surface area contributed by atoms with Crippen LogP contribution in [0.15, 0.2) is 52.9 Å². The molecule has 2 heterocycles. The lowest BCUT2D eigenvalue weighted by molar-refractivity contribution is 0.0708. The highest BCUT2D eigenvalue weighted by molar-refractivity contribution is 7.91. The molecule has 0 spiro atoms. The zero-order valence-electron chi connectivity index (χ0n) is 16.9. The van der Waals surface area contributed by atoms with Crippen LogP contribution in [0.5, 0.6) is 0 Å². The van der Waals surface area contributed by atoms with Crippen molar-refractivity contribution in [3.05, 3.63) is 59.7 Å². The zero-order valence-corrected chi connectivity index (χ0v) is 17.7. The summed E-state index contributed by atoms with van der Waals surface area (Å²) in [5, 5.41) is 8.27. The summed E-state index contributed by atoms with van der Waals surface area (Å²) in [6.45, 7) is 4.31. The van der Waals surface area contributed by atoms with Gasteiger partial charge >= 0.3 is 0 Å². The fourth-order valence-corrected chi connectivity index (χ4v) is 5.50. The van der Waals surface area contributed by atoms with E-state index in [1.54, 1.807) is 29.2 Å². The number of aromatic nitrogens is 2. The van der Waals surface area contributed by atoms with Gasteiger partial charge in [0.05, 0.1) is 11.5 Å². The van der Waals surface area contributed by atoms with Crippen molar-refractivity contribution in [1.29, 1.82) is 0 Å². The fraction of sp³-hybridized carbons (Fsp3) is 0.318. The van der Waals surface area contributed by atoms with Crippen molar-refractivity contribution in [2.45, 2.75) is 26.3 Å². The first kappa shape index (κ1) is 20.3. The van der Waals surface area contributed by atoms with Crippen LogP contribution in [0.1, 0.15) is 29.3 Å². The van der Waals surface area contributed by atoms with E-state index in [0.29, 0.717) is 35.9 Å². The third-order valence-electron chi connectivity index (χ3n) is 5.43. The molecule has 1 aromatic heterocycles. The van der Waals surface area contributed by atoms with E-state index in [9.17, 15) is 13.2 Å². The second-order valence-electron chi connectivity index (χ2n) is 7.45. The molecule has 0 saturated carbocycles. The van der Waals surface area contributed by atoms with Gasteiger partial charge in [-0.2, -0.15) is 0 Å². The Morgan fingerprint density at radius 1 is 1.10 bits per heavy atom. The van der Waals surface area contributed by atoms with Gasteiger partial charge in [-0.15, -0.1) is 10.2 Å². The smallest absolute Gasteiger partial charge is 0.254 e. The van der Waals surface area contributed by atoms with E-state index < -0.39 is 9.84 Å². The summed E-state index contributed by atoms with van der Waals surface area (Å²) in [4.78, 5) is 14.6. The molecule has 1 atom stereocenters. The van der Waals surface area contributed by atoms with E-state index in [4.69, 9.17) is 4.42 Å². The van der Waals surface area contributed by atoms with Crippen molar-refractivity contribution in [2.75, 3.05) is 18.1 Å². The van der Waals surface area contributed by atoms with Crippen molar-refractivity contribution in [2.24, 2.45) is 0 Å². The number of sulfone groups is 1. The number of hydrogen-bond acceptors (Lipinski definition) is 6. The Hall–Kier alpha value is -3.00. The van der Waals surface area contributed by atoms with Crippen molar-refractivity contribution >= 4 is 15.7 Å². The van der Waals surface area contributed by atoms with Crippen LogP contribution in [0.3, 0.4) is 0 Å². The van der Waals surface area contributed by atoms with Crippen LogP contribution < -0.4 is 0 Å². The predicted molar refractivity (Wildman–Crippen MR) is 114 cm³/mol. The average molecular weight is 426 g/mol. The molecule has 3 aromatic rings. The van der Waals surface area contributed by atoms with E-state index in [1.807, 2.05) is 38.1 Å². The number of carbonyl (C=O) groups excluding carboxylic acids is 1. The molecular weight excluding hydrogens is 402 g/mol. The summed E-state index contributed by atoms with van der Waals surface area (Å²) in [7, 11) is -3.05. The average Bonchev–Trinajstić information content (AvgIpc) is 3.36. The topological polar surface area (TPSA) is 93.4 Å². The molecule has 4 rings (SSSR count). The summed E-state index contributed by atoms with van der Waals surface area (Å²) < 4.78 is 29.4. The van der Waals surface area contributed by atoms with Crippen molar-refractivity contribution in [3.8, 4) is 22.9 Å². The first-order valence-electron chi connectivity index (χ1n) is 9.89. The van der Waals surface area contributed by atoms with Gasteiger partial charge in [0.1, 0.15) is 0 Å².